The molecule has 0 spiro atoms. The number of hydrogen-bond donors (Lipinski definition) is 2. The fourth-order valence-corrected chi connectivity index (χ4v) is 3.73. The van der Waals surface area contributed by atoms with Crippen molar-refractivity contribution in [3.05, 3.63) is 59.6 Å². The Morgan fingerprint density at radius 2 is 1.65 bits per heavy atom. The first-order valence-corrected chi connectivity index (χ1v) is 11.2. The number of piperidine rings is 1. The number of rotatable bonds is 12. The monoisotopic (exact) mass is 448 g/mol. The first-order valence-electron chi connectivity index (χ1n) is 10.8. The van der Waals surface area contributed by atoms with Crippen LogP contribution >= 0.6 is 11.6 Å². The van der Waals surface area contributed by atoms with E-state index in [4.69, 9.17) is 25.8 Å². The van der Waals surface area contributed by atoms with Gasteiger partial charge in [0.25, 0.3) is 0 Å². The van der Waals surface area contributed by atoms with Crippen molar-refractivity contribution in [3.8, 4) is 11.5 Å². The van der Waals surface area contributed by atoms with Crippen LogP contribution in [0.2, 0.25) is 5.02 Å². The number of para-hydroxylation sites is 1. The van der Waals surface area contributed by atoms with Crippen molar-refractivity contribution in [1.29, 1.82) is 0 Å². The summed E-state index contributed by atoms with van der Waals surface area (Å²) in [4.78, 5) is 2.30. The molecule has 31 heavy (non-hydrogen) atoms. The first kappa shape index (κ1) is 23.8. The van der Waals surface area contributed by atoms with Gasteiger partial charge in [-0.25, -0.2) is 0 Å². The topological polar surface area (TPSA) is 63.2 Å². The van der Waals surface area contributed by atoms with Crippen molar-refractivity contribution in [2.75, 3.05) is 46.5 Å². The molecule has 0 amide bonds. The van der Waals surface area contributed by atoms with Crippen LogP contribution < -0.4 is 14.8 Å². The van der Waals surface area contributed by atoms with Gasteiger partial charge in [0, 0.05) is 31.3 Å². The van der Waals surface area contributed by atoms with Gasteiger partial charge in [0.2, 0.25) is 0 Å². The summed E-state index contributed by atoms with van der Waals surface area (Å²) in [5.41, 5.74) is 0. The predicted octanol–water partition coefficient (Wildman–Crippen LogP) is 3.23. The van der Waals surface area contributed by atoms with Crippen LogP contribution in [0.25, 0.3) is 0 Å². The number of nitrogens with one attached hydrogen (secondary N) is 1. The third-order valence-corrected chi connectivity index (χ3v) is 5.71. The minimum atomic E-state index is -0.493. The zero-order valence-corrected chi connectivity index (χ0v) is 18.8. The van der Waals surface area contributed by atoms with Gasteiger partial charge >= 0.3 is 0 Å². The van der Waals surface area contributed by atoms with E-state index in [2.05, 4.69) is 10.2 Å². The lowest BCUT2D eigenvalue weighted by Gasteiger charge is -2.34. The highest BCUT2D eigenvalue weighted by molar-refractivity contribution is 6.30. The van der Waals surface area contributed by atoms with Crippen molar-refractivity contribution >= 4 is 11.6 Å². The van der Waals surface area contributed by atoms with Gasteiger partial charge in [0.15, 0.2) is 0 Å². The van der Waals surface area contributed by atoms with Gasteiger partial charge in [-0.05, 0) is 62.3 Å². The van der Waals surface area contributed by atoms with E-state index in [1.807, 2.05) is 54.6 Å². The predicted molar refractivity (Wildman–Crippen MR) is 123 cm³/mol. The second kappa shape index (κ2) is 12.9. The lowest BCUT2D eigenvalue weighted by molar-refractivity contribution is 0.0462. The van der Waals surface area contributed by atoms with Crippen LogP contribution in [0.5, 0.6) is 11.5 Å². The lowest BCUT2D eigenvalue weighted by atomic mass is 10.0. The van der Waals surface area contributed by atoms with Gasteiger partial charge in [0.1, 0.15) is 36.9 Å². The summed E-state index contributed by atoms with van der Waals surface area (Å²) >= 11 is 5.90. The number of aliphatic hydroxyl groups is 1. The van der Waals surface area contributed by atoms with Gasteiger partial charge in [0.05, 0.1) is 0 Å². The van der Waals surface area contributed by atoms with Gasteiger partial charge in [-0.1, -0.05) is 29.8 Å². The Labute approximate surface area is 190 Å². The fraction of sp³-hybridized carbons (Fsp3) is 0.500. The van der Waals surface area contributed by atoms with Gasteiger partial charge in [-0.15, -0.1) is 0 Å². The van der Waals surface area contributed by atoms with E-state index in [9.17, 15) is 5.11 Å². The van der Waals surface area contributed by atoms with Crippen LogP contribution in [0, 0.1) is 0 Å². The smallest absolute Gasteiger partial charge is 0.119 e. The molecule has 2 atom stereocenters. The molecular weight excluding hydrogens is 416 g/mol. The van der Waals surface area contributed by atoms with E-state index in [1.54, 1.807) is 7.11 Å². The molecular formula is C24H33ClN2O4. The molecule has 7 heteroatoms. The van der Waals surface area contributed by atoms with Crippen LogP contribution in [0.3, 0.4) is 0 Å². The molecule has 0 aliphatic carbocycles. The van der Waals surface area contributed by atoms with E-state index in [0.717, 1.165) is 44.0 Å². The zero-order valence-electron chi connectivity index (χ0n) is 18.1. The van der Waals surface area contributed by atoms with Gasteiger partial charge in [-0.3, -0.25) is 0 Å². The minimum absolute atomic E-state index is 0.0225. The Kier molecular flexibility index (Phi) is 9.90. The summed E-state index contributed by atoms with van der Waals surface area (Å²) in [5.74, 6) is 1.58. The Balaban J connectivity index is 1.29. The molecule has 2 aromatic carbocycles. The number of halogens is 1. The van der Waals surface area contributed by atoms with E-state index in [0.29, 0.717) is 30.8 Å². The molecule has 1 aliphatic rings. The average Bonchev–Trinajstić information content (AvgIpc) is 2.80. The summed E-state index contributed by atoms with van der Waals surface area (Å²) < 4.78 is 17.0. The number of nitrogens with zero attached hydrogens (tertiary/aromatic N) is 1. The zero-order chi connectivity index (χ0) is 21.9. The van der Waals surface area contributed by atoms with Gasteiger partial charge < -0.3 is 29.5 Å². The molecule has 2 aromatic rings. The molecule has 0 aromatic heterocycles. The van der Waals surface area contributed by atoms with Crippen molar-refractivity contribution in [2.45, 2.75) is 31.1 Å². The number of hydrogen-bond acceptors (Lipinski definition) is 6. The molecule has 1 aliphatic heterocycles. The van der Waals surface area contributed by atoms with Crippen molar-refractivity contribution in [1.82, 2.24) is 10.2 Å². The molecule has 2 N–H and O–H groups in total. The molecule has 0 saturated carbocycles. The van der Waals surface area contributed by atoms with Crippen LogP contribution in [-0.2, 0) is 4.74 Å². The number of benzene rings is 2. The Hall–Kier alpha value is -1.83. The fourth-order valence-electron chi connectivity index (χ4n) is 3.61. The minimum Gasteiger partial charge on any atom is -0.491 e. The number of β-amino-alcohol motifs (C(OH)–C–C–N with tert-alkyl or cyclic N) is 1. The highest BCUT2D eigenvalue weighted by Gasteiger charge is 2.22. The maximum atomic E-state index is 10.3. The van der Waals surface area contributed by atoms with E-state index in [-0.39, 0.29) is 6.10 Å². The summed E-state index contributed by atoms with van der Waals surface area (Å²) in [6.07, 6.45) is 1.57. The van der Waals surface area contributed by atoms with Gasteiger partial charge in [-0.2, -0.15) is 0 Å². The highest BCUT2D eigenvalue weighted by atomic mass is 35.5. The molecule has 6 nitrogen and oxygen atoms in total. The molecule has 1 fully saturated rings. The molecule has 170 valence electrons. The summed E-state index contributed by atoms with van der Waals surface area (Å²) in [6, 6.07) is 17.4. The Bertz CT molecular complexity index is 739. The quantitative estimate of drug-likeness (QED) is 0.519. The third kappa shape index (κ3) is 8.67. The molecule has 0 bridgehead atoms. The molecule has 3 rings (SSSR count). The SMILES string of the molecule is COC(CNC1CCN(CC(O)COc2ccccc2)CC1)COc1ccc(Cl)cc1. The van der Waals surface area contributed by atoms with E-state index >= 15 is 0 Å². The van der Waals surface area contributed by atoms with Crippen molar-refractivity contribution in [2.24, 2.45) is 0 Å². The van der Waals surface area contributed by atoms with Crippen LogP contribution in [0.4, 0.5) is 0 Å². The second-order valence-electron chi connectivity index (χ2n) is 7.88. The lowest BCUT2D eigenvalue weighted by Crippen LogP contribution is -2.47. The third-order valence-electron chi connectivity index (χ3n) is 5.46. The number of methoxy groups -OCH3 is 1. The molecule has 2 unspecified atom stereocenters. The van der Waals surface area contributed by atoms with Crippen LogP contribution in [0.15, 0.2) is 54.6 Å². The Morgan fingerprint density at radius 1 is 1.00 bits per heavy atom. The maximum Gasteiger partial charge on any atom is 0.119 e. The van der Waals surface area contributed by atoms with Crippen LogP contribution in [0.1, 0.15) is 12.8 Å². The summed E-state index contributed by atoms with van der Waals surface area (Å²) in [5, 5.41) is 14.6. The number of aliphatic hydroxyl groups excluding tert-OH is 1. The maximum absolute atomic E-state index is 10.3. The van der Waals surface area contributed by atoms with Crippen molar-refractivity contribution in [3.63, 3.8) is 0 Å². The van der Waals surface area contributed by atoms with E-state index < -0.39 is 6.10 Å². The molecule has 0 radical (unpaired) electrons. The molecule has 1 heterocycles. The molecule has 1 saturated heterocycles. The summed E-state index contributed by atoms with van der Waals surface area (Å²) in [6.45, 7) is 4.08. The van der Waals surface area contributed by atoms with Crippen LogP contribution in [-0.4, -0.2) is 74.8 Å². The summed E-state index contributed by atoms with van der Waals surface area (Å²) in [7, 11) is 1.71. The number of likely N-dealkylation sites (tertiary alicyclic amines) is 1. The second-order valence-corrected chi connectivity index (χ2v) is 8.32. The Morgan fingerprint density at radius 3 is 2.32 bits per heavy atom. The number of ether oxygens (including phenoxy) is 3. The van der Waals surface area contributed by atoms with Crippen molar-refractivity contribution < 1.29 is 19.3 Å². The average molecular weight is 449 g/mol. The van der Waals surface area contributed by atoms with E-state index in [1.165, 1.54) is 0 Å². The first-order chi connectivity index (χ1) is 15.1. The standard InChI is InChI=1S/C24H33ClN2O4/c1-29-24(18-31-23-9-7-19(25)8-10-23)15-26-20-11-13-27(14-12-20)16-21(28)17-30-22-5-3-2-4-6-22/h2-10,20-21,24,26,28H,11-18H2,1H3. The largest absolute Gasteiger partial charge is 0.491 e. The normalized spacial score (nSPS) is 17.3. The highest BCUT2D eigenvalue weighted by Crippen LogP contribution is 2.16.